The lowest BCUT2D eigenvalue weighted by molar-refractivity contribution is 0.0932. The molecule has 0 saturated carbocycles. The van der Waals surface area contributed by atoms with Crippen LogP contribution in [0.2, 0.25) is 5.15 Å². The predicted octanol–water partition coefficient (Wildman–Crippen LogP) is 1.88. The van der Waals surface area contributed by atoms with Crippen molar-refractivity contribution in [1.29, 1.82) is 0 Å². The SMILES string of the molecule is Cc1nnc2ccc(N3CCCC(NC(=O)c4ccc(Cl)nc4)C3)nn12. The zero-order valence-corrected chi connectivity index (χ0v) is 15.0. The quantitative estimate of drug-likeness (QED) is 0.707. The number of halogens is 1. The molecule has 0 bridgehead atoms. The van der Waals surface area contributed by atoms with Crippen molar-refractivity contribution in [2.75, 3.05) is 18.0 Å². The summed E-state index contributed by atoms with van der Waals surface area (Å²) in [4.78, 5) is 18.5. The largest absolute Gasteiger partial charge is 0.353 e. The van der Waals surface area contributed by atoms with Gasteiger partial charge in [0.2, 0.25) is 0 Å². The highest BCUT2D eigenvalue weighted by atomic mass is 35.5. The smallest absolute Gasteiger partial charge is 0.253 e. The fourth-order valence-electron chi connectivity index (χ4n) is 3.14. The van der Waals surface area contributed by atoms with Gasteiger partial charge in [-0.25, -0.2) is 4.98 Å². The lowest BCUT2D eigenvalue weighted by atomic mass is 10.1. The van der Waals surface area contributed by atoms with E-state index in [0.29, 0.717) is 17.3 Å². The first-order chi connectivity index (χ1) is 12.6. The van der Waals surface area contributed by atoms with E-state index in [9.17, 15) is 4.79 Å². The number of nitrogens with zero attached hydrogens (tertiary/aromatic N) is 6. The van der Waals surface area contributed by atoms with Crippen molar-refractivity contribution in [3.05, 3.63) is 47.0 Å². The molecule has 9 heteroatoms. The second kappa shape index (κ2) is 6.87. The number of anilines is 1. The van der Waals surface area contributed by atoms with E-state index in [1.54, 1.807) is 16.6 Å². The molecule has 1 aliphatic heterocycles. The minimum atomic E-state index is -0.140. The number of pyridine rings is 1. The van der Waals surface area contributed by atoms with Gasteiger partial charge in [0.1, 0.15) is 11.0 Å². The van der Waals surface area contributed by atoms with Gasteiger partial charge in [0.25, 0.3) is 5.91 Å². The van der Waals surface area contributed by atoms with Crippen LogP contribution >= 0.6 is 11.6 Å². The molecule has 4 heterocycles. The third kappa shape index (κ3) is 3.32. The minimum absolute atomic E-state index is 0.0476. The number of nitrogens with one attached hydrogen (secondary N) is 1. The minimum Gasteiger partial charge on any atom is -0.353 e. The molecular formula is C17H18ClN7O. The molecule has 1 amide bonds. The number of piperidine rings is 1. The number of carbonyl (C=O) groups excluding carboxylic acids is 1. The van der Waals surface area contributed by atoms with Crippen molar-refractivity contribution < 1.29 is 4.79 Å². The Bertz CT molecular complexity index is 940. The second-order valence-electron chi connectivity index (χ2n) is 6.34. The highest BCUT2D eigenvalue weighted by molar-refractivity contribution is 6.29. The molecule has 26 heavy (non-hydrogen) atoms. The van der Waals surface area contributed by atoms with E-state index in [4.69, 9.17) is 11.6 Å². The van der Waals surface area contributed by atoms with Gasteiger partial charge in [0, 0.05) is 25.3 Å². The molecule has 134 valence electrons. The van der Waals surface area contributed by atoms with E-state index in [-0.39, 0.29) is 11.9 Å². The van der Waals surface area contributed by atoms with Gasteiger partial charge in [-0.05, 0) is 44.0 Å². The van der Waals surface area contributed by atoms with Crippen LogP contribution in [0.1, 0.15) is 29.0 Å². The third-order valence-electron chi connectivity index (χ3n) is 4.47. The summed E-state index contributed by atoms with van der Waals surface area (Å²) in [6.07, 6.45) is 3.39. The Morgan fingerprint density at radius 2 is 2.15 bits per heavy atom. The Labute approximate surface area is 155 Å². The van der Waals surface area contributed by atoms with E-state index in [1.807, 2.05) is 19.1 Å². The van der Waals surface area contributed by atoms with Crippen molar-refractivity contribution in [3.8, 4) is 0 Å². The number of rotatable bonds is 3. The monoisotopic (exact) mass is 371 g/mol. The van der Waals surface area contributed by atoms with Gasteiger partial charge in [-0.3, -0.25) is 4.79 Å². The molecule has 1 aliphatic rings. The van der Waals surface area contributed by atoms with Crippen LogP contribution < -0.4 is 10.2 Å². The summed E-state index contributed by atoms with van der Waals surface area (Å²) < 4.78 is 1.73. The van der Waals surface area contributed by atoms with Gasteiger partial charge >= 0.3 is 0 Å². The first-order valence-electron chi connectivity index (χ1n) is 8.46. The highest BCUT2D eigenvalue weighted by Gasteiger charge is 2.23. The molecule has 1 atom stereocenters. The van der Waals surface area contributed by atoms with Crippen molar-refractivity contribution in [3.63, 3.8) is 0 Å². The second-order valence-corrected chi connectivity index (χ2v) is 6.72. The fraction of sp³-hybridized carbons (Fsp3) is 0.353. The summed E-state index contributed by atoms with van der Waals surface area (Å²) in [6.45, 7) is 3.47. The Hall–Kier alpha value is -2.74. The van der Waals surface area contributed by atoms with Crippen LogP contribution in [-0.4, -0.2) is 49.8 Å². The molecule has 0 aliphatic carbocycles. The Morgan fingerprint density at radius 3 is 2.96 bits per heavy atom. The van der Waals surface area contributed by atoms with E-state index in [0.717, 1.165) is 36.7 Å². The van der Waals surface area contributed by atoms with Gasteiger partial charge < -0.3 is 10.2 Å². The third-order valence-corrected chi connectivity index (χ3v) is 4.70. The van der Waals surface area contributed by atoms with E-state index in [2.05, 4.69) is 30.5 Å². The number of amides is 1. The summed E-state index contributed by atoms with van der Waals surface area (Å²) in [5, 5.41) is 16.2. The van der Waals surface area contributed by atoms with E-state index >= 15 is 0 Å². The number of hydrogen-bond donors (Lipinski definition) is 1. The van der Waals surface area contributed by atoms with Gasteiger partial charge in [-0.1, -0.05) is 11.6 Å². The van der Waals surface area contributed by atoms with Crippen molar-refractivity contribution in [2.45, 2.75) is 25.8 Å². The summed E-state index contributed by atoms with van der Waals surface area (Å²) in [5.41, 5.74) is 1.23. The van der Waals surface area contributed by atoms with Gasteiger partial charge in [-0.2, -0.15) is 4.52 Å². The predicted molar refractivity (Wildman–Crippen MR) is 97.5 cm³/mol. The van der Waals surface area contributed by atoms with E-state index in [1.165, 1.54) is 6.20 Å². The molecule has 1 N–H and O–H groups in total. The number of carbonyl (C=O) groups is 1. The normalized spacial score (nSPS) is 17.5. The topological polar surface area (TPSA) is 88.3 Å². The zero-order valence-electron chi connectivity index (χ0n) is 14.3. The summed E-state index contributed by atoms with van der Waals surface area (Å²) >= 11 is 5.77. The molecule has 0 spiro atoms. The average Bonchev–Trinajstić information content (AvgIpc) is 3.03. The van der Waals surface area contributed by atoms with Crippen LogP contribution in [-0.2, 0) is 0 Å². The van der Waals surface area contributed by atoms with Crippen LogP contribution in [0.25, 0.3) is 5.65 Å². The molecule has 1 unspecified atom stereocenters. The van der Waals surface area contributed by atoms with E-state index < -0.39 is 0 Å². The molecule has 1 saturated heterocycles. The summed E-state index contributed by atoms with van der Waals surface area (Å²) in [7, 11) is 0. The fourth-order valence-corrected chi connectivity index (χ4v) is 3.25. The lowest BCUT2D eigenvalue weighted by Crippen LogP contribution is -2.48. The standard InChI is InChI=1S/C17H18ClN7O/c1-11-21-22-15-6-7-16(23-25(11)15)24-8-2-3-13(10-24)20-17(26)12-4-5-14(18)19-9-12/h4-7,9,13H,2-3,8,10H2,1H3,(H,20,26). The van der Waals surface area contributed by atoms with Crippen LogP contribution in [0.5, 0.6) is 0 Å². The van der Waals surface area contributed by atoms with Crippen molar-refractivity contribution in [2.24, 2.45) is 0 Å². The van der Waals surface area contributed by atoms with Crippen molar-refractivity contribution >= 4 is 29.0 Å². The molecule has 0 radical (unpaired) electrons. The zero-order chi connectivity index (χ0) is 18.1. The number of hydrogen-bond acceptors (Lipinski definition) is 6. The van der Waals surface area contributed by atoms with Crippen LogP contribution in [0, 0.1) is 6.92 Å². The van der Waals surface area contributed by atoms with Crippen molar-refractivity contribution in [1.82, 2.24) is 30.1 Å². The molecule has 8 nitrogen and oxygen atoms in total. The average molecular weight is 372 g/mol. The molecule has 4 rings (SSSR count). The number of aryl methyl sites for hydroxylation is 1. The maximum Gasteiger partial charge on any atom is 0.253 e. The van der Waals surface area contributed by atoms with Gasteiger partial charge in [0.15, 0.2) is 11.5 Å². The van der Waals surface area contributed by atoms with Gasteiger partial charge in [-0.15, -0.1) is 15.3 Å². The number of fused-ring (bicyclic) bond motifs is 1. The van der Waals surface area contributed by atoms with Crippen LogP contribution in [0.15, 0.2) is 30.5 Å². The summed E-state index contributed by atoms with van der Waals surface area (Å²) in [6, 6.07) is 7.19. The van der Waals surface area contributed by atoms with Crippen LogP contribution in [0.4, 0.5) is 5.82 Å². The Morgan fingerprint density at radius 1 is 1.27 bits per heavy atom. The molecule has 3 aromatic rings. The molecule has 1 fully saturated rings. The maximum atomic E-state index is 12.4. The molecule has 0 aromatic carbocycles. The van der Waals surface area contributed by atoms with Gasteiger partial charge in [0.05, 0.1) is 5.56 Å². The maximum absolute atomic E-state index is 12.4. The Kier molecular flexibility index (Phi) is 4.42. The molecule has 3 aromatic heterocycles. The number of aromatic nitrogens is 5. The first kappa shape index (κ1) is 16.7. The Balaban J connectivity index is 1.47. The van der Waals surface area contributed by atoms with Crippen LogP contribution in [0.3, 0.4) is 0 Å². The lowest BCUT2D eigenvalue weighted by Gasteiger charge is -2.33. The molecular weight excluding hydrogens is 354 g/mol. The first-order valence-corrected chi connectivity index (χ1v) is 8.84. The summed E-state index contributed by atoms with van der Waals surface area (Å²) in [5.74, 6) is 1.46. The highest BCUT2D eigenvalue weighted by Crippen LogP contribution is 2.19.